The number of ether oxygens (including phenoxy) is 1. The van der Waals surface area contributed by atoms with Crippen molar-refractivity contribution >= 4 is 5.91 Å². The van der Waals surface area contributed by atoms with Gasteiger partial charge in [-0.1, -0.05) is 30.3 Å². The average molecular weight is 312 g/mol. The molecule has 0 saturated carbocycles. The minimum atomic E-state index is 0.0163. The fourth-order valence-electron chi connectivity index (χ4n) is 2.41. The van der Waals surface area contributed by atoms with Crippen LogP contribution in [0.25, 0.3) is 0 Å². The molecule has 0 bridgehead atoms. The molecule has 2 rings (SSSR count). The van der Waals surface area contributed by atoms with E-state index in [1.54, 1.807) is 13.3 Å². The van der Waals surface area contributed by atoms with Gasteiger partial charge >= 0.3 is 0 Å². The molecule has 1 aromatic heterocycles. The first-order valence-electron chi connectivity index (χ1n) is 7.95. The van der Waals surface area contributed by atoms with Crippen LogP contribution in [-0.2, 0) is 11.2 Å². The highest BCUT2D eigenvalue weighted by Gasteiger charge is 2.15. The minimum Gasteiger partial charge on any atom is -0.383 e. The third-order valence-electron chi connectivity index (χ3n) is 3.75. The molecule has 0 unspecified atom stereocenters. The Morgan fingerprint density at radius 1 is 1.13 bits per heavy atom. The molecule has 0 spiro atoms. The Hall–Kier alpha value is -2.20. The van der Waals surface area contributed by atoms with Gasteiger partial charge in [-0.05, 0) is 37.5 Å². The molecule has 0 aliphatic heterocycles. The highest BCUT2D eigenvalue weighted by Crippen LogP contribution is 2.08. The molecule has 122 valence electrons. The van der Waals surface area contributed by atoms with Crippen molar-refractivity contribution in [3.8, 4) is 0 Å². The van der Waals surface area contributed by atoms with Crippen LogP contribution in [0.3, 0.4) is 0 Å². The first-order valence-corrected chi connectivity index (χ1v) is 7.95. The fourth-order valence-corrected chi connectivity index (χ4v) is 2.41. The van der Waals surface area contributed by atoms with Crippen LogP contribution in [0.1, 0.15) is 28.0 Å². The second-order valence-electron chi connectivity index (χ2n) is 5.56. The largest absolute Gasteiger partial charge is 0.383 e. The molecule has 0 atom stereocenters. The molecule has 0 saturated heterocycles. The van der Waals surface area contributed by atoms with E-state index in [-0.39, 0.29) is 5.91 Å². The maximum absolute atomic E-state index is 12.6. The van der Waals surface area contributed by atoms with Gasteiger partial charge in [-0.3, -0.25) is 9.78 Å². The maximum atomic E-state index is 12.6. The van der Waals surface area contributed by atoms with Crippen molar-refractivity contribution < 1.29 is 9.53 Å². The van der Waals surface area contributed by atoms with E-state index >= 15 is 0 Å². The van der Waals surface area contributed by atoms with Gasteiger partial charge in [0.2, 0.25) is 0 Å². The van der Waals surface area contributed by atoms with Crippen LogP contribution in [0, 0.1) is 6.92 Å². The van der Waals surface area contributed by atoms with Crippen molar-refractivity contribution in [1.29, 1.82) is 0 Å². The van der Waals surface area contributed by atoms with Gasteiger partial charge in [0.1, 0.15) is 0 Å². The summed E-state index contributed by atoms with van der Waals surface area (Å²) in [6, 6.07) is 14.0. The third kappa shape index (κ3) is 5.49. The number of aromatic nitrogens is 1. The Labute approximate surface area is 138 Å². The number of methoxy groups -OCH3 is 1. The van der Waals surface area contributed by atoms with Gasteiger partial charge in [-0.25, -0.2) is 0 Å². The van der Waals surface area contributed by atoms with Crippen molar-refractivity contribution in [1.82, 2.24) is 9.88 Å². The molecule has 1 amide bonds. The van der Waals surface area contributed by atoms with E-state index in [1.807, 2.05) is 42.2 Å². The van der Waals surface area contributed by atoms with Crippen LogP contribution in [0.15, 0.2) is 48.7 Å². The van der Waals surface area contributed by atoms with Crippen LogP contribution in [0.5, 0.6) is 0 Å². The maximum Gasteiger partial charge on any atom is 0.255 e. The lowest BCUT2D eigenvalue weighted by Crippen LogP contribution is -2.35. The second-order valence-corrected chi connectivity index (χ2v) is 5.56. The lowest BCUT2D eigenvalue weighted by atomic mass is 10.1. The molecular weight excluding hydrogens is 288 g/mol. The van der Waals surface area contributed by atoms with Gasteiger partial charge < -0.3 is 9.64 Å². The Morgan fingerprint density at radius 3 is 2.57 bits per heavy atom. The lowest BCUT2D eigenvalue weighted by molar-refractivity contribution is 0.0693. The number of benzene rings is 1. The Kier molecular flexibility index (Phi) is 6.76. The molecule has 0 radical (unpaired) electrons. The van der Waals surface area contributed by atoms with E-state index in [9.17, 15) is 4.79 Å². The molecule has 0 fully saturated rings. The van der Waals surface area contributed by atoms with Crippen molar-refractivity contribution in [2.24, 2.45) is 0 Å². The minimum absolute atomic E-state index is 0.0163. The van der Waals surface area contributed by atoms with Crippen LogP contribution in [0.2, 0.25) is 0 Å². The number of pyridine rings is 1. The summed E-state index contributed by atoms with van der Waals surface area (Å²) in [6.45, 7) is 3.76. The summed E-state index contributed by atoms with van der Waals surface area (Å²) >= 11 is 0. The predicted octanol–water partition coefficient (Wildman–Crippen LogP) is 3.11. The Balaban J connectivity index is 1.95. The number of carbonyl (C=O) groups excluding carboxylic acids is 1. The van der Waals surface area contributed by atoms with Crippen LogP contribution in [0.4, 0.5) is 0 Å². The van der Waals surface area contributed by atoms with Gasteiger partial charge in [0.05, 0.1) is 12.2 Å². The molecule has 4 heteroatoms. The number of hydrogen-bond acceptors (Lipinski definition) is 3. The van der Waals surface area contributed by atoms with Gasteiger partial charge in [-0.2, -0.15) is 0 Å². The number of aryl methyl sites for hydroxylation is 2. The average Bonchev–Trinajstić information content (AvgIpc) is 2.59. The summed E-state index contributed by atoms with van der Waals surface area (Å²) in [5.74, 6) is 0.0163. The number of carbonyl (C=O) groups is 1. The van der Waals surface area contributed by atoms with Gasteiger partial charge in [0.15, 0.2) is 0 Å². The predicted molar refractivity (Wildman–Crippen MR) is 91.5 cm³/mol. The zero-order valence-electron chi connectivity index (χ0n) is 13.9. The highest BCUT2D eigenvalue weighted by atomic mass is 16.5. The Morgan fingerprint density at radius 2 is 1.91 bits per heavy atom. The van der Waals surface area contributed by atoms with E-state index in [4.69, 9.17) is 4.74 Å². The summed E-state index contributed by atoms with van der Waals surface area (Å²) < 4.78 is 5.13. The lowest BCUT2D eigenvalue weighted by Gasteiger charge is -2.22. The zero-order valence-corrected chi connectivity index (χ0v) is 13.9. The van der Waals surface area contributed by atoms with Crippen LogP contribution in [-0.4, -0.2) is 42.6 Å². The van der Waals surface area contributed by atoms with Gasteiger partial charge in [-0.15, -0.1) is 0 Å². The first-order chi connectivity index (χ1) is 11.2. The SMILES string of the molecule is COCCN(CCCc1ccccc1)C(=O)c1ccc(C)nc1. The quantitative estimate of drug-likeness (QED) is 0.752. The van der Waals surface area contributed by atoms with Crippen molar-refractivity contribution in [2.75, 3.05) is 26.8 Å². The summed E-state index contributed by atoms with van der Waals surface area (Å²) in [5, 5.41) is 0. The molecule has 0 N–H and O–H groups in total. The highest BCUT2D eigenvalue weighted by molar-refractivity contribution is 5.93. The van der Waals surface area contributed by atoms with Gasteiger partial charge in [0, 0.05) is 32.1 Å². The molecule has 1 aromatic carbocycles. The standard InChI is InChI=1S/C19H24N2O2/c1-16-10-11-18(15-20-16)19(22)21(13-14-23-2)12-6-9-17-7-4-3-5-8-17/h3-5,7-8,10-11,15H,6,9,12-14H2,1-2H3. The van der Waals surface area contributed by atoms with E-state index in [1.165, 1.54) is 5.56 Å². The normalized spacial score (nSPS) is 10.5. The molecular formula is C19H24N2O2. The zero-order chi connectivity index (χ0) is 16.5. The van der Waals surface area contributed by atoms with E-state index in [0.29, 0.717) is 25.3 Å². The summed E-state index contributed by atoms with van der Waals surface area (Å²) in [4.78, 5) is 18.7. The van der Waals surface area contributed by atoms with Crippen molar-refractivity contribution in [3.05, 3.63) is 65.5 Å². The third-order valence-corrected chi connectivity index (χ3v) is 3.75. The van der Waals surface area contributed by atoms with Crippen molar-refractivity contribution in [3.63, 3.8) is 0 Å². The number of rotatable bonds is 8. The smallest absolute Gasteiger partial charge is 0.255 e. The molecule has 4 nitrogen and oxygen atoms in total. The molecule has 0 aliphatic rings. The van der Waals surface area contributed by atoms with E-state index in [2.05, 4.69) is 17.1 Å². The van der Waals surface area contributed by atoms with E-state index < -0.39 is 0 Å². The summed E-state index contributed by atoms with van der Waals surface area (Å²) in [6.07, 6.45) is 3.54. The molecule has 2 aromatic rings. The molecule has 1 heterocycles. The first kappa shape index (κ1) is 17.2. The second kappa shape index (κ2) is 9.06. The van der Waals surface area contributed by atoms with E-state index in [0.717, 1.165) is 18.5 Å². The van der Waals surface area contributed by atoms with Crippen LogP contribution >= 0.6 is 0 Å². The molecule has 23 heavy (non-hydrogen) atoms. The van der Waals surface area contributed by atoms with Crippen LogP contribution < -0.4 is 0 Å². The molecule has 0 aliphatic carbocycles. The topological polar surface area (TPSA) is 42.4 Å². The number of nitrogens with zero attached hydrogens (tertiary/aromatic N) is 2. The van der Waals surface area contributed by atoms with Gasteiger partial charge in [0.25, 0.3) is 5.91 Å². The monoisotopic (exact) mass is 312 g/mol. The van der Waals surface area contributed by atoms with Crippen molar-refractivity contribution in [2.45, 2.75) is 19.8 Å². The Bertz CT molecular complexity index is 597. The number of amides is 1. The number of hydrogen-bond donors (Lipinski definition) is 0. The summed E-state index contributed by atoms with van der Waals surface area (Å²) in [5.41, 5.74) is 2.84. The summed E-state index contributed by atoms with van der Waals surface area (Å²) in [7, 11) is 1.65. The fraction of sp³-hybridized carbons (Fsp3) is 0.368.